The summed E-state index contributed by atoms with van der Waals surface area (Å²) in [5.41, 5.74) is 6.60. The zero-order valence-corrected chi connectivity index (χ0v) is 11.3. The average molecular weight is 235 g/mol. The Morgan fingerprint density at radius 3 is 2.59 bits per heavy atom. The molecule has 0 aliphatic heterocycles. The van der Waals surface area contributed by atoms with Gasteiger partial charge in [0.05, 0.1) is 0 Å². The average Bonchev–Trinajstić information content (AvgIpc) is 2.59. The molecule has 1 aliphatic rings. The number of hydrogen-bond acceptors (Lipinski definition) is 2. The first kappa shape index (κ1) is 12.6. The first-order valence-electron chi connectivity index (χ1n) is 6.73. The predicted molar refractivity (Wildman–Crippen MR) is 70.6 cm³/mol. The van der Waals surface area contributed by atoms with Crippen LogP contribution in [0.25, 0.3) is 0 Å². The summed E-state index contributed by atoms with van der Waals surface area (Å²) in [5.74, 6) is 2.69. The van der Waals surface area contributed by atoms with Gasteiger partial charge < -0.3 is 10.3 Å². The molecule has 1 aliphatic carbocycles. The van der Waals surface area contributed by atoms with Crippen molar-refractivity contribution in [3.8, 4) is 0 Å². The number of imidazole rings is 1. The predicted octanol–water partition coefficient (Wildman–Crippen LogP) is 2.51. The minimum atomic E-state index is 0.0308. The van der Waals surface area contributed by atoms with Crippen LogP contribution in [0.3, 0.4) is 0 Å². The van der Waals surface area contributed by atoms with E-state index in [-0.39, 0.29) is 5.54 Å². The molecule has 1 heterocycles. The number of aryl methyl sites for hydroxylation is 2. The van der Waals surface area contributed by atoms with E-state index in [1.165, 1.54) is 19.3 Å². The van der Waals surface area contributed by atoms with E-state index in [0.717, 1.165) is 30.5 Å². The zero-order chi connectivity index (χ0) is 12.5. The van der Waals surface area contributed by atoms with E-state index >= 15 is 0 Å². The molecule has 17 heavy (non-hydrogen) atoms. The van der Waals surface area contributed by atoms with E-state index in [4.69, 9.17) is 5.73 Å². The number of rotatable bonds is 3. The van der Waals surface area contributed by atoms with E-state index in [1.54, 1.807) is 0 Å². The van der Waals surface area contributed by atoms with Crippen LogP contribution in [-0.2, 0) is 13.5 Å². The number of hydrogen-bond donors (Lipinski definition) is 1. The van der Waals surface area contributed by atoms with Gasteiger partial charge in [-0.15, -0.1) is 0 Å². The van der Waals surface area contributed by atoms with Crippen LogP contribution in [0, 0.1) is 11.8 Å². The lowest BCUT2D eigenvalue weighted by atomic mass is 9.70. The highest BCUT2D eigenvalue weighted by Gasteiger charge is 2.34. The third-order valence-corrected chi connectivity index (χ3v) is 4.08. The minimum absolute atomic E-state index is 0.0308. The maximum atomic E-state index is 6.57. The zero-order valence-electron chi connectivity index (χ0n) is 11.3. The van der Waals surface area contributed by atoms with Gasteiger partial charge >= 0.3 is 0 Å². The van der Waals surface area contributed by atoms with Gasteiger partial charge in [-0.3, -0.25) is 0 Å². The summed E-state index contributed by atoms with van der Waals surface area (Å²) < 4.78 is 2.10. The second-order valence-corrected chi connectivity index (χ2v) is 6.17. The minimum Gasteiger partial charge on any atom is -0.338 e. The number of nitrogens with two attached hydrogens (primary N) is 1. The molecule has 0 bridgehead atoms. The van der Waals surface area contributed by atoms with Gasteiger partial charge in [-0.25, -0.2) is 4.98 Å². The van der Waals surface area contributed by atoms with Gasteiger partial charge in [0.15, 0.2) is 0 Å². The standard InChI is InChI=1S/C14H25N3/c1-11-8-12(2)10-14(15,9-11)5-4-13-16-6-7-17(13)3/h6-7,11-12H,4-5,8-10,15H2,1-3H3. The monoisotopic (exact) mass is 235 g/mol. The van der Waals surface area contributed by atoms with Gasteiger partial charge in [0.1, 0.15) is 5.82 Å². The smallest absolute Gasteiger partial charge is 0.108 e. The Balaban J connectivity index is 1.95. The van der Waals surface area contributed by atoms with Crippen molar-refractivity contribution in [2.75, 3.05) is 0 Å². The summed E-state index contributed by atoms with van der Waals surface area (Å²) in [7, 11) is 2.05. The van der Waals surface area contributed by atoms with Gasteiger partial charge in [0.25, 0.3) is 0 Å². The van der Waals surface area contributed by atoms with Crippen LogP contribution in [0.5, 0.6) is 0 Å². The third-order valence-electron chi connectivity index (χ3n) is 4.08. The fourth-order valence-electron chi connectivity index (χ4n) is 3.53. The first-order valence-corrected chi connectivity index (χ1v) is 6.73. The van der Waals surface area contributed by atoms with Gasteiger partial charge in [0.2, 0.25) is 0 Å². The van der Waals surface area contributed by atoms with Crippen LogP contribution in [0.4, 0.5) is 0 Å². The van der Waals surface area contributed by atoms with Crippen molar-refractivity contribution in [1.29, 1.82) is 0 Å². The Labute approximate surface area is 104 Å². The molecule has 1 saturated carbocycles. The summed E-state index contributed by atoms with van der Waals surface area (Å²) >= 11 is 0. The molecule has 0 radical (unpaired) electrons. The lowest BCUT2D eigenvalue weighted by Crippen LogP contribution is -2.46. The van der Waals surface area contributed by atoms with E-state index in [0.29, 0.717) is 0 Å². The lowest BCUT2D eigenvalue weighted by molar-refractivity contribution is 0.172. The van der Waals surface area contributed by atoms with Crippen molar-refractivity contribution in [1.82, 2.24) is 9.55 Å². The van der Waals surface area contributed by atoms with Gasteiger partial charge in [0, 0.05) is 31.4 Å². The maximum absolute atomic E-state index is 6.57. The van der Waals surface area contributed by atoms with Crippen LogP contribution < -0.4 is 5.73 Å². The number of aromatic nitrogens is 2. The Morgan fingerprint density at radius 1 is 1.41 bits per heavy atom. The Bertz CT molecular complexity index is 359. The summed E-state index contributed by atoms with van der Waals surface area (Å²) in [6, 6.07) is 0. The molecule has 0 spiro atoms. The molecule has 0 saturated heterocycles. The van der Waals surface area contributed by atoms with E-state index in [2.05, 4.69) is 30.4 Å². The third kappa shape index (κ3) is 3.09. The highest BCUT2D eigenvalue weighted by atomic mass is 15.0. The molecular formula is C14H25N3. The van der Waals surface area contributed by atoms with Crippen LogP contribution in [-0.4, -0.2) is 15.1 Å². The second kappa shape index (κ2) is 4.81. The molecule has 1 aromatic heterocycles. The van der Waals surface area contributed by atoms with Crippen molar-refractivity contribution in [2.45, 2.75) is 51.5 Å². The maximum Gasteiger partial charge on any atom is 0.108 e. The van der Waals surface area contributed by atoms with Gasteiger partial charge in [-0.1, -0.05) is 13.8 Å². The van der Waals surface area contributed by atoms with Crippen LogP contribution >= 0.6 is 0 Å². The van der Waals surface area contributed by atoms with E-state index in [9.17, 15) is 0 Å². The highest BCUT2D eigenvalue weighted by Crippen LogP contribution is 2.36. The van der Waals surface area contributed by atoms with Crippen LogP contribution in [0.2, 0.25) is 0 Å². The molecule has 96 valence electrons. The van der Waals surface area contributed by atoms with E-state index in [1.807, 2.05) is 12.4 Å². The van der Waals surface area contributed by atoms with Crippen molar-refractivity contribution in [3.05, 3.63) is 18.2 Å². The summed E-state index contributed by atoms with van der Waals surface area (Å²) in [6.45, 7) is 4.66. The molecule has 2 rings (SSSR count). The topological polar surface area (TPSA) is 43.8 Å². The fraction of sp³-hybridized carbons (Fsp3) is 0.786. The molecule has 2 atom stereocenters. The molecule has 3 heteroatoms. The van der Waals surface area contributed by atoms with Crippen LogP contribution in [0.1, 0.15) is 45.4 Å². The largest absolute Gasteiger partial charge is 0.338 e. The summed E-state index contributed by atoms with van der Waals surface area (Å²) in [4.78, 5) is 4.38. The van der Waals surface area contributed by atoms with Crippen LogP contribution in [0.15, 0.2) is 12.4 Å². The summed E-state index contributed by atoms with van der Waals surface area (Å²) in [6.07, 6.45) is 9.60. The normalized spacial score (nSPS) is 33.9. The molecule has 3 nitrogen and oxygen atoms in total. The quantitative estimate of drug-likeness (QED) is 0.875. The second-order valence-electron chi connectivity index (χ2n) is 6.17. The Kier molecular flexibility index (Phi) is 3.57. The molecule has 0 amide bonds. The SMILES string of the molecule is CC1CC(C)CC(N)(CCc2nccn2C)C1. The van der Waals surface area contributed by atoms with Crippen molar-refractivity contribution < 1.29 is 0 Å². The molecular weight excluding hydrogens is 210 g/mol. The highest BCUT2D eigenvalue weighted by molar-refractivity contribution is 4.97. The fourth-order valence-corrected chi connectivity index (χ4v) is 3.53. The van der Waals surface area contributed by atoms with Gasteiger partial charge in [-0.2, -0.15) is 0 Å². The Hall–Kier alpha value is -0.830. The molecule has 1 aromatic rings. The Morgan fingerprint density at radius 2 is 2.06 bits per heavy atom. The number of nitrogens with zero attached hydrogens (tertiary/aromatic N) is 2. The van der Waals surface area contributed by atoms with Crippen molar-refractivity contribution in [2.24, 2.45) is 24.6 Å². The first-order chi connectivity index (χ1) is 7.98. The summed E-state index contributed by atoms with van der Waals surface area (Å²) in [5, 5.41) is 0. The lowest BCUT2D eigenvalue weighted by Gasteiger charge is -2.40. The van der Waals surface area contributed by atoms with Crippen molar-refractivity contribution in [3.63, 3.8) is 0 Å². The van der Waals surface area contributed by atoms with Crippen molar-refractivity contribution >= 4 is 0 Å². The van der Waals surface area contributed by atoms with E-state index < -0.39 is 0 Å². The molecule has 1 fully saturated rings. The molecule has 0 aromatic carbocycles. The molecule has 2 unspecified atom stereocenters. The molecule has 2 N–H and O–H groups in total. The van der Waals surface area contributed by atoms with Gasteiger partial charge in [-0.05, 0) is 37.5 Å².